The van der Waals surface area contributed by atoms with Crippen molar-refractivity contribution in [2.24, 2.45) is 5.92 Å². The van der Waals surface area contributed by atoms with Gasteiger partial charge in [0.15, 0.2) is 0 Å². The SMILES string of the molecule is O=CC1CCCN(Cc2cccc(Cl)c2)C1. The van der Waals surface area contributed by atoms with Crippen LogP contribution in [0.2, 0.25) is 5.02 Å². The van der Waals surface area contributed by atoms with Crippen LogP contribution in [0.4, 0.5) is 0 Å². The highest BCUT2D eigenvalue weighted by Crippen LogP contribution is 2.18. The lowest BCUT2D eigenvalue weighted by Crippen LogP contribution is -2.35. The third-order valence-corrected chi connectivity index (χ3v) is 3.26. The van der Waals surface area contributed by atoms with Crippen LogP contribution >= 0.6 is 11.6 Å². The lowest BCUT2D eigenvalue weighted by atomic mass is 9.99. The zero-order valence-corrected chi connectivity index (χ0v) is 9.99. The number of piperidine rings is 1. The molecule has 16 heavy (non-hydrogen) atoms. The molecule has 0 bridgehead atoms. The number of hydrogen-bond donors (Lipinski definition) is 0. The van der Waals surface area contributed by atoms with E-state index in [2.05, 4.69) is 11.0 Å². The van der Waals surface area contributed by atoms with Gasteiger partial charge in [0.25, 0.3) is 0 Å². The maximum Gasteiger partial charge on any atom is 0.124 e. The highest BCUT2D eigenvalue weighted by Gasteiger charge is 2.18. The fourth-order valence-corrected chi connectivity index (χ4v) is 2.45. The van der Waals surface area contributed by atoms with Crippen LogP contribution in [0.1, 0.15) is 18.4 Å². The molecule has 1 heterocycles. The van der Waals surface area contributed by atoms with Crippen molar-refractivity contribution in [3.8, 4) is 0 Å². The summed E-state index contributed by atoms with van der Waals surface area (Å²) in [5.41, 5.74) is 1.22. The minimum absolute atomic E-state index is 0.216. The average Bonchev–Trinajstić information content (AvgIpc) is 2.29. The van der Waals surface area contributed by atoms with Gasteiger partial charge in [-0.05, 0) is 37.1 Å². The normalized spacial score (nSPS) is 21.9. The molecule has 0 N–H and O–H groups in total. The van der Waals surface area contributed by atoms with Crippen LogP contribution in [0.25, 0.3) is 0 Å². The second-order valence-corrected chi connectivity index (χ2v) is 4.84. The van der Waals surface area contributed by atoms with E-state index in [1.165, 1.54) is 5.56 Å². The second kappa shape index (κ2) is 5.46. The molecule has 86 valence electrons. The van der Waals surface area contributed by atoms with Gasteiger partial charge in [-0.1, -0.05) is 23.7 Å². The van der Waals surface area contributed by atoms with Crippen molar-refractivity contribution in [2.75, 3.05) is 13.1 Å². The number of hydrogen-bond acceptors (Lipinski definition) is 2. The fraction of sp³-hybridized carbons (Fsp3) is 0.462. The van der Waals surface area contributed by atoms with Crippen LogP contribution in [0.5, 0.6) is 0 Å². The van der Waals surface area contributed by atoms with Crippen molar-refractivity contribution >= 4 is 17.9 Å². The lowest BCUT2D eigenvalue weighted by molar-refractivity contribution is -0.112. The fourth-order valence-electron chi connectivity index (χ4n) is 2.24. The zero-order valence-electron chi connectivity index (χ0n) is 9.23. The Morgan fingerprint density at radius 1 is 1.50 bits per heavy atom. The van der Waals surface area contributed by atoms with Gasteiger partial charge in [0, 0.05) is 24.0 Å². The van der Waals surface area contributed by atoms with E-state index >= 15 is 0 Å². The van der Waals surface area contributed by atoms with Gasteiger partial charge >= 0.3 is 0 Å². The summed E-state index contributed by atoms with van der Waals surface area (Å²) in [7, 11) is 0. The summed E-state index contributed by atoms with van der Waals surface area (Å²) < 4.78 is 0. The molecular formula is C13H16ClNO. The molecule has 1 aliphatic heterocycles. The predicted molar refractivity (Wildman–Crippen MR) is 65.5 cm³/mol. The van der Waals surface area contributed by atoms with E-state index in [0.717, 1.165) is 43.8 Å². The highest BCUT2D eigenvalue weighted by molar-refractivity contribution is 6.30. The van der Waals surface area contributed by atoms with Crippen LogP contribution in [-0.2, 0) is 11.3 Å². The maximum atomic E-state index is 10.8. The van der Waals surface area contributed by atoms with Gasteiger partial charge in [-0.2, -0.15) is 0 Å². The Hall–Kier alpha value is -0.860. The quantitative estimate of drug-likeness (QED) is 0.754. The molecule has 1 atom stereocenters. The first-order valence-electron chi connectivity index (χ1n) is 5.70. The van der Waals surface area contributed by atoms with E-state index in [4.69, 9.17) is 11.6 Å². The van der Waals surface area contributed by atoms with Crippen molar-refractivity contribution in [3.63, 3.8) is 0 Å². The minimum Gasteiger partial charge on any atom is -0.303 e. The highest BCUT2D eigenvalue weighted by atomic mass is 35.5. The van der Waals surface area contributed by atoms with E-state index in [9.17, 15) is 4.79 Å². The third-order valence-electron chi connectivity index (χ3n) is 3.03. The van der Waals surface area contributed by atoms with Gasteiger partial charge < -0.3 is 4.79 Å². The molecule has 3 heteroatoms. The number of carbonyl (C=O) groups is 1. The number of carbonyl (C=O) groups excluding carboxylic acids is 1. The number of likely N-dealkylation sites (tertiary alicyclic amines) is 1. The van der Waals surface area contributed by atoms with Gasteiger partial charge in [0.05, 0.1) is 0 Å². The molecule has 1 unspecified atom stereocenters. The van der Waals surface area contributed by atoms with E-state index in [1.54, 1.807) is 0 Å². The number of benzene rings is 1. The van der Waals surface area contributed by atoms with Gasteiger partial charge in [0.1, 0.15) is 6.29 Å². The Morgan fingerprint density at radius 3 is 3.12 bits per heavy atom. The number of rotatable bonds is 3. The first kappa shape index (κ1) is 11.6. The number of halogens is 1. The molecule has 0 amide bonds. The smallest absolute Gasteiger partial charge is 0.124 e. The molecule has 1 saturated heterocycles. The summed E-state index contributed by atoms with van der Waals surface area (Å²) in [5, 5.41) is 0.779. The Balaban J connectivity index is 1.96. The number of aldehydes is 1. The molecule has 0 saturated carbocycles. The summed E-state index contributed by atoms with van der Waals surface area (Å²) in [6, 6.07) is 7.93. The van der Waals surface area contributed by atoms with Crippen molar-refractivity contribution < 1.29 is 4.79 Å². The summed E-state index contributed by atoms with van der Waals surface area (Å²) >= 11 is 5.94. The Bertz CT molecular complexity index is 367. The van der Waals surface area contributed by atoms with Crippen LogP contribution in [0.15, 0.2) is 24.3 Å². The summed E-state index contributed by atoms with van der Waals surface area (Å²) in [6.45, 7) is 2.86. The molecule has 1 aromatic carbocycles. The molecule has 0 aromatic heterocycles. The molecule has 1 aromatic rings. The summed E-state index contributed by atoms with van der Waals surface area (Å²) in [5.74, 6) is 0.216. The van der Waals surface area contributed by atoms with Crippen LogP contribution in [-0.4, -0.2) is 24.3 Å². The van der Waals surface area contributed by atoms with E-state index in [1.807, 2.05) is 18.2 Å². The predicted octanol–water partition coefficient (Wildman–Crippen LogP) is 2.75. The van der Waals surface area contributed by atoms with Crippen molar-refractivity contribution in [1.82, 2.24) is 4.90 Å². The van der Waals surface area contributed by atoms with Gasteiger partial charge in [-0.15, -0.1) is 0 Å². The zero-order chi connectivity index (χ0) is 11.4. The summed E-state index contributed by atoms with van der Waals surface area (Å²) in [6.07, 6.45) is 3.24. The standard InChI is InChI=1S/C13H16ClNO/c14-13-5-1-3-11(7-13)8-15-6-2-4-12(9-15)10-16/h1,3,5,7,10,12H,2,4,6,8-9H2. The van der Waals surface area contributed by atoms with Gasteiger partial charge in [-0.3, -0.25) is 4.90 Å². The first-order valence-corrected chi connectivity index (χ1v) is 6.08. The third kappa shape index (κ3) is 3.06. The van der Waals surface area contributed by atoms with Gasteiger partial charge in [0.2, 0.25) is 0 Å². The topological polar surface area (TPSA) is 20.3 Å². The average molecular weight is 238 g/mol. The van der Waals surface area contributed by atoms with E-state index in [0.29, 0.717) is 0 Å². The molecule has 0 radical (unpaired) electrons. The monoisotopic (exact) mass is 237 g/mol. The molecular weight excluding hydrogens is 222 g/mol. The maximum absolute atomic E-state index is 10.8. The number of nitrogens with zero attached hydrogens (tertiary/aromatic N) is 1. The molecule has 2 nitrogen and oxygen atoms in total. The summed E-state index contributed by atoms with van der Waals surface area (Å²) in [4.78, 5) is 13.1. The molecule has 1 aliphatic rings. The molecule has 0 aliphatic carbocycles. The van der Waals surface area contributed by atoms with Crippen molar-refractivity contribution in [1.29, 1.82) is 0 Å². The lowest BCUT2D eigenvalue weighted by Gasteiger charge is -2.30. The van der Waals surface area contributed by atoms with Crippen LogP contribution in [0, 0.1) is 5.92 Å². The Kier molecular flexibility index (Phi) is 3.97. The molecule has 2 rings (SSSR count). The first-order chi connectivity index (χ1) is 7.78. The van der Waals surface area contributed by atoms with E-state index in [-0.39, 0.29) is 5.92 Å². The minimum atomic E-state index is 0.216. The second-order valence-electron chi connectivity index (χ2n) is 4.40. The largest absolute Gasteiger partial charge is 0.303 e. The van der Waals surface area contributed by atoms with Crippen LogP contribution in [0.3, 0.4) is 0 Å². The van der Waals surface area contributed by atoms with Crippen molar-refractivity contribution in [2.45, 2.75) is 19.4 Å². The van der Waals surface area contributed by atoms with Gasteiger partial charge in [-0.25, -0.2) is 0 Å². The molecule has 1 fully saturated rings. The molecule has 0 spiro atoms. The Labute approximate surface area is 101 Å². The Morgan fingerprint density at radius 2 is 2.38 bits per heavy atom. The van der Waals surface area contributed by atoms with E-state index < -0.39 is 0 Å². The van der Waals surface area contributed by atoms with Crippen LogP contribution < -0.4 is 0 Å². The van der Waals surface area contributed by atoms with Crippen molar-refractivity contribution in [3.05, 3.63) is 34.9 Å².